The zero-order valence-corrected chi connectivity index (χ0v) is 15.9. The number of amides is 1. The highest BCUT2D eigenvalue weighted by atomic mass is 16.5. The molecule has 2 rings (SSSR count). The highest BCUT2D eigenvalue weighted by Gasteiger charge is 2.04. The number of rotatable bonds is 8. The van der Waals surface area contributed by atoms with E-state index in [0.717, 1.165) is 17.7 Å². The molecule has 1 N–H and O–H groups in total. The van der Waals surface area contributed by atoms with Crippen LogP contribution in [0.15, 0.2) is 53.6 Å². The summed E-state index contributed by atoms with van der Waals surface area (Å²) in [5.41, 5.74) is 5.77. The summed E-state index contributed by atoms with van der Waals surface area (Å²) < 4.78 is 5.49. The van der Waals surface area contributed by atoms with E-state index in [1.807, 2.05) is 67.5 Å². The summed E-state index contributed by atoms with van der Waals surface area (Å²) in [6, 6.07) is 15.7. The number of carbonyl (C=O) groups excluding carboxylic acids is 1. The Kier molecular flexibility index (Phi) is 7.21. The molecule has 138 valence electrons. The lowest BCUT2D eigenvalue weighted by atomic mass is 9.99. The molecule has 1 atom stereocenters. The number of nitrogens with zero attached hydrogens (tertiary/aromatic N) is 2. The number of nitrogens with one attached hydrogen (secondary N) is 1. The molecule has 5 heteroatoms. The first-order valence-corrected chi connectivity index (χ1v) is 8.81. The molecule has 0 bridgehead atoms. The third-order valence-corrected chi connectivity index (χ3v) is 4.24. The fourth-order valence-electron chi connectivity index (χ4n) is 2.35. The second-order valence-corrected chi connectivity index (χ2v) is 6.45. The Morgan fingerprint density at radius 3 is 2.38 bits per heavy atom. The molecule has 5 nitrogen and oxygen atoms in total. The van der Waals surface area contributed by atoms with E-state index in [1.165, 1.54) is 5.56 Å². The van der Waals surface area contributed by atoms with E-state index < -0.39 is 0 Å². The molecule has 0 fully saturated rings. The van der Waals surface area contributed by atoms with Crippen LogP contribution in [-0.4, -0.2) is 32.8 Å². The van der Waals surface area contributed by atoms with Crippen molar-refractivity contribution < 1.29 is 9.53 Å². The molecule has 0 spiro atoms. The Labute approximate surface area is 155 Å². The van der Waals surface area contributed by atoms with E-state index in [1.54, 1.807) is 6.21 Å². The fraction of sp³-hybridized carbons (Fsp3) is 0.333. The summed E-state index contributed by atoms with van der Waals surface area (Å²) in [6.07, 6.45) is 2.71. The first-order chi connectivity index (χ1) is 12.5. The first kappa shape index (κ1) is 19.5. The van der Waals surface area contributed by atoms with Crippen molar-refractivity contribution in [3.8, 4) is 5.75 Å². The van der Waals surface area contributed by atoms with Crippen LogP contribution in [0, 0.1) is 0 Å². The number of hydrazone groups is 1. The second-order valence-electron chi connectivity index (χ2n) is 6.45. The fourth-order valence-corrected chi connectivity index (χ4v) is 2.35. The minimum Gasteiger partial charge on any atom is -0.484 e. The van der Waals surface area contributed by atoms with Gasteiger partial charge < -0.3 is 9.64 Å². The molecule has 0 aliphatic heterocycles. The van der Waals surface area contributed by atoms with Gasteiger partial charge in [0.2, 0.25) is 0 Å². The molecule has 26 heavy (non-hydrogen) atoms. The zero-order chi connectivity index (χ0) is 18.9. The molecule has 0 aromatic heterocycles. The van der Waals surface area contributed by atoms with Crippen LogP contribution in [0.2, 0.25) is 0 Å². The van der Waals surface area contributed by atoms with Crippen molar-refractivity contribution in [1.29, 1.82) is 0 Å². The quantitative estimate of drug-likeness (QED) is 0.580. The highest BCUT2D eigenvalue weighted by molar-refractivity contribution is 5.83. The molecular weight excluding hydrogens is 326 g/mol. The summed E-state index contributed by atoms with van der Waals surface area (Å²) in [5, 5.41) is 3.96. The van der Waals surface area contributed by atoms with Crippen molar-refractivity contribution in [2.45, 2.75) is 26.2 Å². The number of ether oxygens (including phenoxy) is 1. The van der Waals surface area contributed by atoms with Crippen LogP contribution in [0.1, 0.15) is 37.3 Å². The van der Waals surface area contributed by atoms with Gasteiger partial charge in [-0.15, -0.1) is 0 Å². The number of hydrogen-bond acceptors (Lipinski definition) is 4. The van der Waals surface area contributed by atoms with Gasteiger partial charge >= 0.3 is 0 Å². The Morgan fingerprint density at radius 2 is 1.81 bits per heavy atom. The molecule has 0 heterocycles. The van der Waals surface area contributed by atoms with Gasteiger partial charge in [0.05, 0.1) is 6.21 Å². The van der Waals surface area contributed by atoms with Crippen molar-refractivity contribution >= 4 is 17.8 Å². The topological polar surface area (TPSA) is 53.9 Å². The van der Waals surface area contributed by atoms with Gasteiger partial charge in [0.25, 0.3) is 5.91 Å². The van der Waals surface area contributed by atoms with Crippen molar-refractivity contribution in [3.63, 3.8) is 0 Å². The summed E-state index contributed by atoms with van der Waals surface area (Å²) in [7, 11) is 3.97. The minimum atomic E-state index is -0.294. The molecule has 2 aromatic carbocycles. The normalized spacial score (nSPS) is 12.0. The van der Waals surface area contributed by atoms with Gasteiger partial charge in [-0.1, -0.05) is 38.1 Å². The van der Waals surface area contributed by atoms with Crippen LogP contribution in [0.4, 0.5) is 5.69 Å². The standard InChI is InChI=1S/C21H27N3O2/c1-5-16(2)18-8-12-20(13-9-18)26-15-21(25)23-22-14-17-6-10-19(11-7-17)24(3)4/h6-14,16H,5,15H2,1-4H3,(H,23,25). The van der Waals surface area contributed by atoms with Crippen LogP contribution in [0.3, 0.4) is 0 Å². The third kappa shape index (κ3) is 5.92. The monoisotopic (exact) mass is 353 g/mol. The van der Waals surface area contributed by atoms with E-state index in [0.29, 0.717) is 11.7 Å². The van der Waals surface area contributed by atoms with Gasteiger partial charge in [-0.05, 0) is 47.7 Å². The second kappa shape index (κ2) is 9.61. The predicted molar refractivity (Wildman–Crippen MR) is 107 cm³/mol. The number of anilines is 1. The largest absolute Gasteiger partial charge is 0.484 e. The van der Waals surface area contributed by atoms with E-state index in [-0.39, 0.29) is 12.5 Å². The summed E-state index contributed by atoms with van der Waals surface area (Å²) in [5.74, 6) is 0.904. The van der Waals surface area contributed by atoms with Gasteiger partial charge in [0, 0.05) is 19.8 Å². The summed E-state index contributed by atoms with van der Waals surface area (Å²) in [4.78, 5) is 13.8. The third-order valence-electron chi connectivity index (χ3n) is 4.24. The maximum Gasteiger partial charge on any atom is 0.277 e. The van der Waals surface area contributed by atoms with Gasteiger partial charge in [0.15, 0.2) is 6.61 Å². The van der Waals surface area contributed by atoms with Crippen LogP contribution in [0.5, 0.6) is 5.75 Å². The molecule has 2 aromatic rings. The number of benzene rings is 2. The Bertz CT molecular complexity index is 722. The smallest absolute Gasteiger partial charge is 0.277 e. The van der Waals surface area contributed by atoms with Gasteiger partial charge in [-0.3, -0.25) is 4.79 Å². The number of hydrogen-bond donors (Lipinski definition) is 1. The van der Waals surface area contributed by atoms with E-state index in [4.69, 9.17) is 4.74 Å². The Hall–Kier alpha value is -2.82. The summed E-state index contributed by atoms with van der Waals surface area (Å²) in [6.45, 7) is 4.28. The summed E-state index contributed by atoms with van der Waals surface area (Å²) >= 11 is 0. The first-order valence-electron chi connectivity index (χ1n) is 8.81. The molecule has 1 unspecified atom stereocenters. The lowest BCUT2D eigenvalue weighted by molar-refractivity contribution is -0.123. The van der Waals surface area contributed by atoms with Crippen LogP contribution >= 0.6 is 0 Å². The average Bonchev–Trinajstić information content (AvgIpc) is 2.66. The molecule has 1 amide bonds. The van der Waals surface area contributed by atoms with Crippen LogP contribution < -0.4 is 15.1 Å². The molecule has 0 radical (unpaired) electrons. The molecular formula is C21H27N3O2. The average molecular weight is 353 g/mol. The molecule has 0 aliphatic carbocycles. The maximum absolute atomic E-state index is 11.8. The molecule has 0 saturated heterocycles. The molecule has 0 aliphatic rings. The van der Waals surface area contributed by atoms with Crippen molar-refractivity contribution in [2.75, 3.05) is 25.6 Å². The van der Waals surface area contributed by atoms with E-state index >= 15 is 0 Å². The van der Waals surface area contributed by atoms with Gasteiger partial charge in [-0.25, -0.2) is 5.43 Å². The SMILES string of the molecule is CCC(C)c1ccc(OCC(=O)NN=Cc2ccc(N(C)C)cc2)cc1. The van der Waals surface area contributed by atoms with Crippen LogP contribution in [-0.2, 0) is 4.79 Å². The van der Waals surface area contributed by atoms with Crippen molar-refractivity contribution in [3.05, 3.63) is 59.7 Å². The zero-order valence-electron chi connectivity index (χ0n) is 15.9. The van der Waals surface area contributed by atoms with Gasteiger partial charge in [-0.2, -0.15) is 5.10 Å². The predicted octanol–water partition coefficient (Wildman–Crippen LogP) is 3.80. The van der Waals surface area contributed by atoms with Crippen molar-refractivity contribution in [2.24, 2.45) is 5.10 Å². The van der Waals surface area contributed by atoms with E-state index in [2.05, 4.69) is 24.4 Å². The van der Waals surface area contributed by atoms with E-state index in [9.17, 15) is 4.79 Å². The van der Waals surface area contributed by atoms with Crippen LogP contribution in [0.25, 0.3) is 0 Å². The lowest BCUT2D eigenvalue weighted by Gasteiger charge is -2.11. The van der Waals surface area contributed by atoms with Crippen molar-refractivity contribution in [1.82, 2.24) is 5.43 Å². The number of carbonyl (C=O) groups is 1. The lowest BCUT2D eigenvalue weighted by Crippen LogP contribution is -2.24. The maximum atomic E-state index is 11.8. The highest BCUT2D eigenvalue weighted by Crippen LogP contribution is 2.21. The minimum absolute atomic E-state index is 0.0699. The Balaban J connectivity index is 1.78. The van der Waals surface area contributed by atoms with Gasteiger partial charge in [0.1, 0.15) is 5.75 Å². The molecule has 0 saturated carbocycles. The Morgan fingerprint density at radius 1 is 1.15 bits per heavy atom.